The second-order valence-corrected chi connectivity index (χ2v) is 6.63. The van der Waals surface area contributed by atoms with Crippen molar-refractivity contribution in [1.29, 1.82) is 0 Å². The van der Waals surface area contributed by atoms with Crippen LogP contribution in [-0.2, 0) is 20.9 Å². The van der Waals surface area contributed by atoms with Gasteiger partial charge in [0.2, 0.25) is 0 Å². The summed E-state index contributed by atoms with van der Waals surface area (Å²) < 4.78 is 10.6. The van der Waals surface area contributed by atoms with Gasteiger partial charge in [-0.15, -0.1) is 0 Å². The topological polar surface area (TPSA) is 76.1 Å². The van der Waals surface area contributed by atoms with Crippen molar-refractivity contribution in [2.24, 2.45) is 0 Å². The van der Waals surface area contributed by atoms with Crippen LogP contribution < -0.4 is 0 Å². The maximum absolute atomic E-state index is 12.3. The first-order chi connectivity index (χ1) is 10.8. The number of nitrogens with zero attached hydrogens (tertiary/aromatic N) is 1. The molecule has 0 radical (unpaired) electrons. The lowest BCUT2D eigenvalue weighted by molar-refractivity contribution is -0.150. The number of hydrogen-bond donors (Lipinski definition) is 1. The lowest BCUT2D eigenvalue weighted by Crippen LogP contribution is -2.44. The van der Waals surface area contributed by atoms with E-state index >= 15 is 0 Å². The Bertz CT molecular complexity index is 552. The number of likely N-dealkylation sites (tertiary alicyclic amines) is 1. The van der Waals surface area contributed by atoms with E-state index in [4.69, 9.17) is 9.47 Å². The molecule has 1 saturated heterocycles. The van der Waals surface area contributed by atoms with Gasteiger partial charge in [0.1, 0.15) is 18.2 Å². The first-order valence-corrected chi connectivity index (χ1v) is 7.64. The molecular formula is C17H23NO5. The lowest BCUT2D eigenvalue weighted by Gasteiger charge is -2.27. The molecule has 1 aromatic carbocycles. The Balaban J connectivity index is 1.98. The van der Waals surface area contributed by atoms with Gasteiger partial charge in [-0.1, -0.05) is 30.3 Å². The van der Waals surface area contributed by atoms with E-state index in [0.717, 1.165) is 5.56 Å². The van der Waals surface area contributed by atoms with Crippen molar-refractivity contribution in [1.82, 2.24) is 4.90 Å². The summed E-state index contributed by atoms with van der Waals surface area (Å²) in [7, 11) is 0. The average molecular weight is 321 g/mol. The average Bonchev–Trinajstić information content (AvgIpc) is 2.86. The molecule has 2 atom stereocenters. The molecule has 0 spiro atoms. The van der Waals surface area contributed by atoms with Crippen LogP contribution in [0.3, 0.4) is 0 Å². The van der Waals surface area contributed by atoms with Gasteiger partial charge < -0.3 is 14.6 Å². The Morgan fingerprint density at radius 3 is 2.52 bits per heavy atom. The number of carbonyl (C=O) groups excluding carboxylic acids is 2. The summed E-state index contributed by atoms with van der Waals surface area (Å²) in [4.78, 5) is 25.7. The fourth-order valence-electron chi connectivity index (χ4n) is 2.38. The van der Waals surface area contributed by atoms with E-state index in [-0.39, 0.29) is 19.6 Å². The van der Waals surface area contributed by atoms with Gasteiger partial charge in [-0.25, -0.2) is 9.59 Å². The molecule has 0 bridgehead atoms. The van der Waals surface area contributed by atoms with Gasteiger partial charge in [-0.3, -0.25) is 4.90 Å². The highest BCUT2D eigenvalue weighted by Crippen LogP contribution is 2.22. The number of ether oxygens (including phenoxy) is 2. The van der Waals surface area contributed by atoms with Crippen LogP contribution in [-0.4, -0.2) is 46.4 Å². The molecule has 0 aromatic heterocycles. The van der Waals surface area contributed by atoms with Gasteiger partial charge in [0, 0.05) is 6.42 Å². The van der Waals surface area contributed by atoms with E-state index in [9.17, 15) is 14.7 Å². The molecular weight excluding hydrogens is 298 g/mol. The summed E-state index contributed by atoms with van der Waals surface area (Å²) in [5.41, 5.74) is 0.201. The third-order valence-corrected chi connectivity index (χ3v) is 3.40. The molecule has 1 aromatic rings. The molecule has 6 nitrogen and oxygen atoms in total. The second-order valence-electron chi connectivity index (χ2n) is 6.63. The molecule has 1 aliphatic heterocycles. The number of esters is 1. The molecule has 1 N–H and O–H groups in total. The van der Waals surface area contributed by atoms with Crippen molar-refractivity contribution < 1.29 is 24.2 Å². The normalized spacial score (nSPS) is 21.1. The van der Waals surface area contributed by atoms with Crippen LogP contribution in [0, 0.1) is 0 Å². The summed E-state index contributed by atoms with van der Waals surface area (Å²) in [6.07, 6.45) is -1.21. The van der Waals surface area contributed by atoms with Gasteiger partial charge in [0.25, 0.3) is 0 Å². The van der Waals surface area contributed by atoms with Crippen molar-refractivity contribution in [2.75, 3.05) is 6.54 Å². The first kappa shape index (κ1) is 17.3. The SMILES string of the molecule is CC(C)(C)OC(=O)N1C[C@@H](O)CC1C(=O)OCc1ccccc1. The standard InChI is InChI=1S/C17H23NO5/c1-17(2,3)23-16(21)18-10-13(19)9-14(18)15(20)22-11-12-7-5-4-6-8-12/h4-8,13-14,19H,9-11H2,1-3H3/t13-,14?/m0/s1. The number of amides is 1. The number of hydrogen-bond acceptors (Lipinski definition) is 5. The first-order valence-electron chi connectivity index (χ1n) is 7.64. The van der Waals surface area contributed by atoms with Crippen LogP contribution in [0.1, 0.15) is 32.8 Å². The van der Waals surface area contributed by atoms with Gasteiger partial charge in [-0.2, -0.15) is 0 Å². The molecule has 0 saturated carbocycles. The minimum Gasteiger partial charge on any atom is -0.459 e. The Kier molecular flexibility index (Phi) is 5.26. The van der Waals surface area contributed by atoms with Crippen molar-refractivity contribution in [3.8, 4) is 0 Å². The zero-order valence-electron chi connectivity index (χ0n) is 13.7. The molecule has 2 rings (SSSR count). The predicted molar refractivity (Wildman–Crippen MR) is 83.6 cm³/mol. The van der Waals surface area contributed by atoms with Gasteiger partial charge in [0.05, 0.1) is 12.6 Å². The molecule has 1 fully saturated rings. The third kappa shape index (κ3) is 4.96. The minimum atomic E-state index is -0.816. The molecule has 23 heavy (non-hydrogen) atoms. The highest BCUT2D eigenvalue weighted by Gasteiger charge is 2.41. The summed E-state index contributed by atoms with van der Waals surface area (Å²) in [5.74, 6) is -0.531. The zero-order valence-corrected chi connectivity index (χ0v) is 13.7. The van der Waals surface area contributed by atoms with Crippen LogP contribution in [0.4, 0.5) is 4.79 Å². The molecule has 1 aliphatic rings. The summed E-state index contributed by atoms with van der Waals surface area (Å²) >= 11 is 0. The van der Waals surface area contributed by atoms with E-state index in [2.05, 4.69) is 0 Å². The Hall–Kier alpha value is -2.08. The minimum absolute atomic E-state index is 0.0695. The Morgan fingerprint density at radius 1 is 1.26 bits per heavy atom. The summed E-state index contributed by atoms with van der Waals surface area (Å²) in [6.45, 7) is 5.45. The number of rotatable bonds is 3. The lowest BCUT2D eigenvalue weighted by atomic mass is 10.2. The van der Waals surface area contributed by atoms with Crippen LogP contribution >= 0.6 is 0 Å². The Labute approximate surface area is 136 Å². The van der Waals surface area contributed by atoms with Crippen LogP contribution in [0.15, 0.2) is 30.3 Å². The van der Waals surface area contributed by atoms with Crippen molar-refractivity contribution in [3.05, 3.63) is 35.9 Å². The molecule has 1 amide bonds. The van der Waals surface area contributed by atoms with Gasteiger partial charge >= 0.3 is 12.1 Å². The molecule has 6 heteroatoms. The third-order valence-electron chi connectivity index (χ3n) is 3.40. The smallest absolute Gasteiger partial charge is 0.411 e. The quantitative estimate of drug-likeness (QED) is 0.863. The zero-order chi connectivity index (χ0) is 17.0. The summed E-state index contributed by atoms with van der Waals surface area (Å²) in [6, 6.07) is 8.47. The van der Waals surface area contributed by atoms with E-state index in [1.165, 1.54) is 4.90 Å². The van der Waals surface area contributed by atoms with E-state index in [1.54, 1.807) is 20.8 Å². The number of aliphatic hydroxyl groups excluding tert-OH is 1. The number of β-amino-alcohol motifs (C(OH)–C–C–N with tert-alkyl or cyclic N) is 1. The van der Waals surface area contributed by atoms with Crippen molar-refractivity contribution in [3.63, 3.8) is 0 Å². The number of aliphatic hydroxyl groups is 1. The van der Waals surface area contributed by atoms with Gasteiger partial charge in [-0.05, 0) is 26.3 Å². The van der Waals surface area contributed by atoms with Crippen molar-refractivity contribution in [2.45, 2.75) is 51.5 Å². The van der Waals surface area contributed by atoms with Crippen molar-refractivity contribution >= 4 is 12.1 Å². The predicted octanol–water partition coefficient (Wildman–Crippen LogP) is 2.10. The fourth-order valence-corrected chi connectivity index (χ4v) is 2.38. The molecule has 1 unspecified atom stereocenters. The number of carbonyl (C=O) groups is 2. The fraction of sp³-hybridized carbons (Fsp3) is 0.529. The highest BCUT2D eigenvalue weighted by atomic mass is 16.6. The maximum atomic E-state index is 12.3. The second kappa shape index (κ2) is 7.00. The molecule has 126 valence electrons. The van der Waals surface area contributed by atoms with Crippen LogP contribution in [0.5, 0.6) is 0 Å². The molecule has 0 aliphatic carbocycles. The maximum Gasteiger partial charge on any atom is 0.411 e. The van der Waals surface area contributed by atoms with E-state index in [0.29, 0.717) is 0 Å². The number of benzene rings is 1. The van der Waals surface area contributed by atoms with E-state index in [1.807, 2.05) is 30.3 Å². The highest BCUT2D eigenvalue weighted by molar-refractivity contribution is 5.82. The largest absolute Gasteiger partial charge is 0.459 e. The van der Waals surface area contributed by atoms with Gasteiger partial charge in [0.15, 0.2) is 0 Å². The monoisotopic (exact) mass is 321 g/mol. The van der Waals surface area contributed by atoms with Crippen LogP contribution in [0.25, 0.3) is 0 Å². The summed E-state index contributed by atoms with van der Waals surface area (Å²) in [5, 5.41) is 9.79. The Morgan fingerprint density at radius 2 is 1.91 bits per heavy atom. The van der Waals surface area contributed by atoms with E-state index < -0.39 is 29.8 Å². The van der Waals surface area contributed by atoms with Crippen LogP contribution in [0.2, 0.25) is 0 Å². The molecule has 1 heterocycles.